The van der Waals surface area contributed by atoms with Crippen LogP contribution in [0.5, 0.6) is 5.75 Å². The number of esters is 1. The van der Waals surface area contributed by atoms with Gasteiger partial charge in [0.2, 0.25) is 0 Å². The number of rotatable bonds is 14. The molecule has 1 aromatic carbocycles. The van der Waals surface area contributed by atoms with Crippen molar-refractivity contribution in [1.82, 2.24) is 0 Å². The Bertz CT molecular complexity index is 641. The van der Waals surface area contributed by atoms with Crippen molar-refractivity contribution in [3.63, 3.8) is 0 Å². The fourth-order valence-electron chi connectivity index (χ4n) is 4.73. The van der Waals surface area contributed by atoms with Crippen LogP contribution in [-0.2, 0) is 4.79 Å². The lowest BCUT2D eigenvalue weighted by molar-refractivity contribution is -0.140. The summed E-state index contributed by atoms with van der Waals surface area (Å²) >= 11 is 0. The summed E-state index contributed by atoms with van der Waals surface area (Å²) < 4.78 is 5.64. The van der Waals surface area contributed by atoms with Crippen molar-refractivity contribution in [2.75, 3.05) is 0 Å². The molecule has 3 heteroatoms. The van der Waals surface area contributed by atoms with E-state index in [0.29, 0.717) is 11.3 Å². The Morgan fingerprint density at radius 2 is 1.48 bits per heavy atom. The first-order valence-electron chi connectivity index (χ1n) is 12.9. The zero-order chi connectivity index (χ0) is 22.5. The van der Waals surface area contributed by atoms with E-state index in [9.17, 15) is 9.59 Å². The number of hydrogen-bond acceptors (Lipinski definition) is 3. The zero-order valence-corrected chi connectivity index (χ0v) is 20.2. The minimum absolute atomic E-state index is 0.0244. The highest BCUT2D eigenvalue weighted by molar-refractivity contribution is 5.97. The summed E-state index contributed by atoms with van der Waals surface area (Å²) in [6.07, 6.45) is 16.5. The molecular weight excluding hydrogens is 384 g/mol. The Morgan fingerprint density at radius 1 is 0.871 bits per heavy atom. The first-order chi connectivity index (χ1) is 15.0. The SMILES string of the molecule is CCCCCCC1CCC(C(=O)Oc2ccc(C(=O)C(C)CCCCCC)cc2)CC1. The molecule has 1 aromatic rings. The third-order valence-corrected chi connectivity index (χ3v) is 6.94. The van der Waals surface area contributed by atoms with Crippen LogP contribution in [0, 0.1) is 17.8 Å². The molecule has 31 heavy (non-hydrogen) atoms. The van der Waals surface area contributed by atoms with Crippen molar-refractivity contribution >= 4 is 11.8 Å². The Kier molecular flexibility index (Phi) is 11.9. The van der Waals surface area contributed by atoms with Gasteiger partial charge in [-0.2, -0.15) is 0 Å². The summed E-state index contributed by atoms with van der Waals surface area (Å²) in [7, 11) is 0. The average Bonchev–Trinajstić information content (AvgIpc) is 2.80. The molecule has 0 aromatic heterocycles. The van der Waals surface area contributed by atoms with Crippen LogP contribution in [0.4, 0.5) is 0 Å². The van der Waals surface area contributed by atoms with Gasteiger partial charge in [-0.25, -0.2) is 0 Å². The number of benzene rings is 1. The second-order valence-corrected chi connectivity index (χ2v) is 9.63. The number of unbranched alkanes of at least 4 members (excludes halogenated alkanes) is 6. The van der Waals surface area contributed by atoms with Crippen LogP contribution in [-0.4, -0.2) is 11.8 Å². The van der Waals surface area contributed by atoms with Gasteiger partial charge >= 0.3 is 5.97 Å². The number of hydrogen-bond donors (Lipinski definition) is 0. The van der Waals surface area contributed by atoms with Crippen LogP contribution in [0.25, 0.3) is 0 Å². The molecule has 1 unspecified atom stereocenters. The van der Waals surface area contributed by atoms with Gasteiger partial charge < -0.3 is 4.74 Å². The Balaban J connectivity index is 1.73. The summed E-state index contributed by atoms with van der Waals surface area (Å²) in [5, 5.41) is 0. The van der Waals surface area contributed by atoms with Gasteiger partial charge in [0.15, 0.2) is 5.78 Å². The molecule has 0 aliphatic heterocycles. The molecule has 0 amide bonds. The first kappa shape index (κ1) is 25.6. The topological polar surface area (TPSA) is 43.4 Å². The van der Waals surface area contributed by atoms with Gasteiger partial charge in [0.25, 0.3) is 0 Å². The average molecular weight is 429 g/mol. The third kappa shape index (κ3) is 9.17. The molecular formula is C28H44O3. The van der Waals surface area contributed by atoms with E-state index in [1.54, 1.807) is 24.3 Å². The van der Waals surface area contributed by atoms with Gasteiger partial charge in [-0.3, -0.25) is 9.59 Å². The van der Waals surface area contributed by atoms with Gasteiger partial charge in [0, 0.05) is 11.5 Å². The Hall–Kier alpha value is -1.64. The summed E-state index contributed by atoms with van der Waals surface area (Å²) in [5.41, 5.74) is 0.714. The quantitative estimate of drug-likeness (QED) is 0.130. The molecule has 3 nitrogen and oxygen atoms in total. The first-order valence-corrected chi connectivity index (χ1v) is 12.9. The van der Waals surface area contributed by atoms with Gasteiger partial charge in [-0.05, 0) is 62.3 Å². The molecule has 0 saturated heterocycles. The molecule has 0 N–H and O–H groups in total. The molecule has 1 fully saturated rings. The van der Waals surface area contributed by atoms with E-state index in [1.807, 2.05) is 6.92 Å². The minimum Gasteiger partial charge on any atom is -0.426 e. The minimum atomic E-state index is -0.104. The Morgan fingerprint density at radius 3 is 2.10 bits per heavy atom. The molecule has 1 atom stereocenters. The molecule has 1 aliphatic rings. The van der Waals surface area contributed by atoms with E-state index >= 15 is 0 Å². The van der Waals surface area contributed by atoms with Crippen molar-refractivity contribution in [2.24, 2.45) is 17.8 Å². The summed E-state index contributed by atoms with van der Waals surface area (Å²) in [4.78, 5) is 25.2. The van der Waals surface area contributed by atoms with E-state index < -0.39 is 0 Å². The second-order valence-electron chi connectivity index (χ2n) is 9.63. The van der Waals surface area contributed by atoms with Crippen LogP contribution >= 0.6 is 0 Å². The normalized spacial score (nSPS) is 19.7. The molecule has 174 valence electrons. The summed E-state index contributed by atoms with van der Waals surface area (Å²) in [5.74, 6) is 1.49. The number of carbonyl (C=O) groups is 2. The summed E-state index contributed by atoms with van der Waals surface area (Å²) in [6, 6.07) is 7.16. The van der Waals surface area contributed by atoms with Gasteiger partial charge in [0.05, 0.1) is 5.92 Å². The lowest BCUT2D eigenvalue weighted by Crippen LogP contribution is -2.25. The maximum atomic E-state index is 12.6. The van der Waals surface area contributed by atoms with Crippen LogP contribution in [0.1, 0.15) is 121 Å². The second kappa shape index (κ2) is 14.4. The molecule has 1 saturated carbocycles. The zero-order valence-electron chi connectivity index (χ0n) is 20.2. The summed E-state index contributed by atoms with van der Waals surface area (Å²) in [6.45, 7) is 6.46. The van der Waals surface area contributed by atoms with Crippen LogP contribution in [0.3, 0.4) is 0 Å². The van der Waals surface area contributed by atoms with Gasteiger partial charge in [-0.15, -0.1) is 0 Å². The van der Waals surface area contributed by atoms with E-state index in [1.165, 1.54) is 51.4 Å². The fourth-order valence-corrected chi connectivity index (χ4v) is 4.73. The largest absolute Gasteiger partial charge is 0.426 e. The van der Waals surface area contributed by atoms with Gasteiger partial charge in [-0.1, -0.05) is 78.6 Å². The van der Waals surface area contributed by atoms with Gasteiger partial charge in [0.1, 0.15) is 5.75 Å². The highest BCUT2D eigenvalue weighted by Gasteiger charge is 2.27. The number of ketones is 1. The van der Waals surface area contributed by atoms with Crippen LogP contribution in [0.15, 0.2) is 24.3 Å². The smallest absolute Gasteiger partial charge is 0.314 e. The lowest BCUT2D eigenvalue weighted by atomic mass is 9.80. The molecule has 1 aliphatic carbocycles. The number of ether oxygens (including phenoxy) is 1. The van der Waals surface area contributed by atoms with Crippen molar-refractivity contribution in [3.8, 4) is 5.75 Å². The van der Waals surface area contributed by atoms with Crippen molar-refractivity contribution in [3.05, 3.63) is 29.8 Å². The monoisotopic (exact) mass is 428 g/mol. The molecule has 0 spiro atoms. The number of carbonyl (C=O) groups excluding carboxylic acids is 2. The van der Waals surface area contributed by atoms with Crippen molar-refractivity contribution in [2.45, 2.75) is 111 Å². The standard InChI is InChI=1S/C28H44O3/c1-4-6-8-10-12-22(3)27(29)24-18-20-26(21-19-24)31-28(30)25-16-14-23(15-17-25)13-11-9-7-5-2/h18-23,25H,4-17H2,1-3H3. The molecule has 0 radical (unpaired) electrons. The van der Waals surface area contributed by atoms with E-state index in [2.05, 4.69) is 13.8 Å². The Labute approximate surface area is 190 Å². The molecule has 2 rings (SSSR count). The van der Waals surface area contributed by atoms with Crippen LogP contribution in [0.2, 0.25) is 0 Å². The van der Waals surface area contributed by atoms with E-state index in [4.69, 9.17) is 4.74 Å². The van der Waals surface area contributed by atoms with Crippen LogP contribution < -0.4 is 4.74 Å². The van der Waals surface area contributed by atoms with Crippen molar-refractivity contribution in [1.29, 1.82) is 0 Å². The maximum absolute atomic E-state index is 12.6. The fraction of sp³-hybridized carbons (Fsp3) is 0.714. The maximum Gasteiger partial charge on any atom is 0.314 e. The lowest BCUT2D eigenvalue weighted by Gasteiger charge is -2.27. The number of Topliss-reactive ketones (excluding diaryl/α,β-unsaturated/α-hetero) is 1. The predicted molar refractivity (Wildman–Crippen MR) is 129 cm³/mol. The van der Waals surface area contributed by atoms with E-state index in [-0.39, 0.29) is 23.6 Å². The highest BCUT2D eigenvalue weighted by Crippen LogP contribution is 2.33. The highest BCUT2D eigenvalue weighted by atomic mass is 16.5. The third-order valence-electron chi connectivity index (χ3n) is 6.94. The van der Waals surface area contributed by atoms with E-state index in [0.717, 1.165) is 44.4 Å². The van der Waals surface area contributed by atoms with Crippen molar-refractivity contribution < 1.29 is 14.3 Å². The molecule has 0 heterocycles. The molecule has 0 bridgehead atoms. The predicted octanol–water partition coefficient (Wildman–Crippen LogP) is 8.16.